The van der Waals surface area contributed by atoms with Gasteiger partial charge in [-0.25, -0.2) is 8.78 Å². The van der Waals surface area contributed by atoms with Crippen molar-refractivity contribution in [2.75, 3.05) is 5.32 Å². The maximum atomic E-state index is 13.3. The summed E-state index contributed by atoms with van der Waals surface area (Å²) >= 11 is 0. The molecule has 1 atom stereocenters. The van der Waals surface area contributed by atoms with Crippen LogP contribution >= 0.6 is 0 Å². The molecule has 4 nitrogen and oxygen atoms in total. The Morgan fingerprint density at radius 1 is 1.30 bits per heavy atom. The van der Waals surface area contributed by atoms with Crippen molar-refractivity contribution in [1.29, 1.82) is 0 Å². The molecule has 1 amide bonds. The zero-order valence-corrected chi connectivity index (χ0v) is 10.7. The van der Waals surface area contributed by atoms with Crippen molar-refractivity contribution >= 4 is 11.6 Å². The van der Waals surface area contributed by atoms with Crippen molar-refractivity contribution in [3.05, 3.63) is 59.4 Å². The number of carbonyl (C=O) groups excluding carboxylic acids is 1. The van der Waals surface area contributed by atoms with Crippen molar-refractivity contribution in [1.82, 2.24) is 4.98 Å². The lowest BCUT2D eigenvalue weighted by Crippen LogP contribution is -2.14. The standard InChI is InChI=1S/C14H13F2N3O/c1-8(13-5-2-9(15)7-18-13)19-10-3-4-12(16)11(6-10)14(17)20/h2-8,19H,1H3,(H2,17,20). The Labute approximate surface area is 114 Å². The van der Waals surface area contributed by atoms with E-state index in [1.54, 1.807) is 6.07 Å². The van der Waals surface area contributed by atoms with Crippen molar-refractivity contribution in [3.63, 3.8) is 0 Å². The van der Waals surface area contributed by atoms with Gasteiger partial charge in [0.05, 0.1) is 23.5 Å². The predicted molar refractivity (Wildman–Crippen MR) is 71.2 cm³/mol. The molecule has 0 aliphatic heterocycles. The highest BCUT2D eigenvalue weighted by molar-refractivity contribution is 5.94. The number of benzene rings is 1. The quantitative estimate of drug-likeness (QED) is 0.902. The molecule has 0 bridgehead atoms. The van der Waals surface area contributed by atoms with Gasteiger partial charge in [0.25, 0.3) is 5.91 Å². The van der Waals surface area contributed by atoms with Gasteiger partial charge in [0.15, 0.2) is 0 Å². The first kappa shape index (κ1) is 13.9. The van der Waals surface area contributed by atoms with Crippen molar-refractivity contribution in [2.45, 2.75) is 13.0 Å². The lowest BCUT2D eigenvalue weighted by Gasteiger charge is -2.15. The van der Waals surface area contributed by atoms with Gasteiger partial charge in [-0.1, -0.05) is 0 Å². The normalized spacial score (nSPS) is 11.9. The molecule has 0 radical (unpaired) electrons. The van der Waals surface area contributed by atoms with Crippen LogP contribution in [0.2, 0.25) is 0 Å². The number of anilines is 1. The fourth-order valence-electron chi connectivity index (χ4n) is 1.77. The first-order chi connectivity index (χ1) is 9.47. The number of aromatic nitrogens is 1. The smallest absolute Gasteiger partial charge is 0.251 e. The van der Waals surface area contributed by atoms with Gasteiger partial charge in [-0.2, -0.15) is 0 Å². The number of rotatable bonds is 4. The Balaban J connectivity index is 2.19. The molecule has 1 aromatic heterocycles. The highest BCUT2D eigenvalue weighted by Crippen LogP contribution is 2.20. The van der Waals surface area contributed by atoms with Crippen LogP contribution in [0, 0.1) is 11.6 Å². The summed E-state index contributed by atoms with van der Waals surface area (Å²) < 4.78 is 26.1. The number of carbonyl (C=O) groups is 1. The minimum Gasteiger partial charge on any atom is -0.377 e. The molecule has 0 aliphatic carbocycles. The van der Waals surface area contributed by atoms with Crippen LogP contribution < -0.4 is 11.1 Å². The highest BCUT2D eigenvalue weighted by Gasteiger charge is 2.11. The number of pyridine rings is 1. The van der Waals surface area contributed by atoms with Crippen LogP contribution in [0.3, 0.4) is 0 Å². The first-order valence-corrected chi connectivity index (χ1v) is 5.94. The minimum absolute atomic E-state index is 0.186. The molecule has 6 heteroatoms. The summed E-state index contributed by atoms with van der Waals surface area (Å²) in [6.07, 6.45) is 1.12. The van der Waals surface area contributed by atoms with Gasteiger partial charge in [0, 0.05) is 5.69 Å². The number of nitrogens with one attached hydrogen (secondary N) is 1. The van der Waals surface area contributed by atoms with Crippen molar-refractivity contribution in [3.8, 4) is 0 Å². The van der Waals surface area contributed by atoms with Crippen LogP contribution in [0.15, 0.2) is 36.5 Å². The second kappa shape index (κ2) is 5.64. The molecule has 2 rings (SSSR count). The molecule has 0 spiro atoms. The molecule has 0 fully saturated rings. The molecule has 1 aromatic carbocycles. The minimum atomic E-state index is -0.835. The van der Waals surface area contributed by atoms with Gasteiger partial charge in [0.1, 0.15) is 11.6 Å². The molecule has 3 N–H and O–H groups in total. The third-order valence-electron chi connectivity index (χ3n) is 2.81. The maximum Gasteiger partial charge on any atom is 0.251 e. The molecule has 20 heavy (non-hydrogen) atoms. The van der Waals surface area contributed by atoms with Gasteiger partial charge in [-0.15, -0.1) is 0 Å². The number of hydrogen-bond donors (Lipinski definition) is 2. The van der Waals surface area contributed by atoms with Crippen molar-refractivity contribution < 1.29 is 13.6 Å². The van der Waals surface area contributed by atoms with E-state index in [0.717, 1.165) is 12.3 Å². The average Bonchev–Trinajstić information content (AvgIpc) is 2.41. The number of nitrogens with two attached hydrogens (primary N) is 1. The van der Waals surface area contributed by atoms with Crippen LogP contribution in [0.25, 0.3) is 0 Å². The maximum absolute atomic E-state index is 13.3. The van der Waals surface area contributed by atoms with E-state index in [1.807, 2.05) is 6.92 Å². The van der Waals surface area contributed by atoms with Crippen molar-refractivity contribution in [2.24, 2.45) is 5.73 Å². The SMILES string of the molecule is CC(Nc1ccc(F)c(C(N)=O)c1)c1ccc(F)cn1. The lowest BCUT2D eigenvalue weighted by molar-refractivity contribution is 0.0996. The number of hydrogen-bond acceptors (Lipinski definition) is 3. The van der Waals surface area contributed by atoms with Crippen LogP contribution in [0.5, 0.6) is 0 Å². The third kappa shape index (κ3) is 3.09. The van der Waals surface area contributed by atoms with Crippen LogP contribution in [-0.4, -0.2) is 10.9 Å². The molecule has 2 aromatic rings. The van der Waals surface area contributed by atoms with E-state index in [2.05, 4.69) is 10.3 Å². The summed E-state index contributed by atoms with van der Waals surface area (Å²) in [5.74, 6) is -1.92. The molecule has 1 heterocycles. The topological polar surface area (TPSA) is 68.0 Å². The summed E-state index contributed by atoms with van der Waals surface area (Å²) in [5, 5.41) is 3.04. The Morgan fingerprint density at radius 2 is 2.05 bits per heavy atom. The molecule has 104 valence electrons. The number of nitrogens with zero attached hydrogens (tertiary/aromatic N) is 1. The zero-order valence-electron chi connectivity index (χ0n) is 10.7. The molecule has 1 unspecified atom stereocenters. The second-order valence-electron chi connectivity index (χ2n) is 4.33. The van der Waals surface area contributed by atoms with Crippen LogP contribution in [0.4, 0.5) is 14.5 Å². The molecular formula is C14H13F2N3O. The van der Waals surface area contributed by atoms with E-state index in [1.165, 1.54) is 18.2 Å². The zero-order chi connectivity index (χ0) is 14.7. The highest BCUT2D eigenvalue weighted by atomic mass is 19.1. The first-order valence-electron chi connectivity index (χ1n) is 5.94. The van der Waals surface area contributed by atoms with Gasteiger partial charge in [-0.05, 0) is 37.3 Å². The predicted octanol–water partition coefficient (Wildman–Crippen LogP) is 2.63. The fourth-order valence-corrected chi connectivity index (χ4v) is 1.77. The molecular weight excluding hydrogens is 264 g/mol. The summed E-state index contributed by atoms with van der Waals surface area (Å²) in [7, 11) is 0. The van der Waals surface area contributed by atoms with E-state index in [0.29, 0.717) is 11.4 Å². The van der Waals surface area contributed by atoms with E-state index in [-0.39, 0.29) is 11.6 Å². The Bertz CT molecular complexity index is 629. The van der Waals surface area contributed by atoms with E-state index in [9.17, 15) is 13.6 Å². The molecule has 0 saturated heterocycles. The van der Waals surface area contributed by atoms with Gasteiger partial charge >= 0.3 is 0 Å². The monoisotopic (exact) mass is 277 g/mol. The summed E-state index contributed by atoms with van der Waals surface area (Å²) in [4.78, 5) is 15.0. The van der Waals surface area contributed by atoms with Crippen LogP contribution in [-0.2, 0) is 0 Å². The summed E-state index contributed by atoms with van der Waals surface area (Å²) in [5.41, 5.74) is 6.04. The van der Waals surface area contributed by atoms with Gasteiger partial charge in [0.2, 0.25) is 0 Å². The van der Waals surface area contributed by atoms with Crippen LogP contribution in [0.1, 0.15) is 29.0 Å². The van der Waals surface area contributed by atoms with E-state index < -0.39 is 17.5 Å². The number of amides is 1. The summed E-state index contributed by atoms with van der Waals surface area (Å²) in [6, 6.07) is 6.60. The van der Waals surface area contributed by atoms with E-state index in [4.69, 9.17) is 5.73 Å². The fraction of sp³-hybridized carbons (Fsp3) is 0.143. The molecule has 0 saturated carbocycles. The largest absolute Gasteiger partial charge is 0.377 e. The number of halogens is 2. The number of primary amides is 1. The Morgan fingerprint density at radius 3 is 2.65 bits per heavy atom. The lowest BCUT2D eigenvalue weighted by atomic mass is 10.1. The average molecular weight is 277 g/mol. The van der Waals surface area contributed by atoms with Gasteiger partial charge in [-0.3, -0.25) is 9.78 Å². The Hall–Kier alpha value is -2.50. The van der Waals surface area contributed by atoms with E-state index >= 15 is 0 Å². The summed E-state index contributed by atoms with van der Waals surface area (Å²) in [6.45, 7) is 1.81. The second-order valence-corrected chi connectivity index (χ2v) is 4.33. The Kier molecular flexibility index (Phi) is 3.93. The third-order valence-corrected chi connectivity index (χ3v) is 2.81. The van der Waals surface area contributed by atoms with Gasteiger partial charge < -0.3 is 11.1 Å². The molecule has 0 aliphatic rings.